The minimum atomic E-state index is -0.477. The second-order valence-electron chi connectivity index (χ2n) is 5.93. The van der Waals surface area contributed by atoms with E-state index in [0.717, 1.165) is 32.7 Å². The van der Waals surface area contributed by atoms with Crippen LogP contribution in [0.4, 0.5) is 11.4 Å². The van der Waals surface area contributed by atoms with Crippen molar-refractivity contribution in [1.29, 1.82) is 5.26 Å². The van der Waals surface area contributed by atoms with Gasteiger partial charge < -0.3 is 21.3 Å². The summed E-state index contributed by atoms with van der Waals surface area (Å²) in [6.45, 7) is 6.95. The zero-order valence-electron chi connectivity index (χ0n) is 14.8. The van der Waals surface area contributed by atoms with Crippen LogP contribution in [0, 0.1) is 11.3 Å². The molecule has 0 aliphatic carbocycles. The van der Waals surface area contributed by atoms with E-state index in [1.165, 1.54) is 13.1 Å². The molecule has 0 saturated carbocycles. The number of nitrogens with one attached hydrogen (secondary N) is 4. The molecular formula is C18H24N6O2. The molecule has 8 nitrogen and oxygen atoms in total. The fraction of sp³-hybridized carbons (Fsp3) is 0.389. The number of hydrogen-bond donors (Lipinski definition) is 4. The number of amides is 2. The summed E-state index contributed by atoms with van der Waals surface area (Å²) in [4.78, 5) is 25.5. The Morgan fingerprint density at radius 1 is 1.19 bits per heavy atom. The molecule has 1 aliphatic rings. The molecule has 1 fully saturated rings. The molecule has 8 heteroatoms. The minimum Gasteiger partial charge on any atom is -0.388 e. The van der Waals surface area contributed by atoms with E-state index in [2.05, 4.69) is 26.2 Å². The number of nitrogens with zero attached hydrogens (tertiary/aromatic N) is 2. The van der Waals surface area contributed by atoms with Crippen LogP contribution in [0.15, 0.2) is 36.0 Å². The number of carbonyl (C=O) groups is 2. The Kier molecular flexibility index (Phi) is 7.61. The normalized spacial score (nSPS) is 15.0. The van der Waals surface area contributed by atoms with Crippen LogP contribution in [-0.2, 0) is 9.59 Å². The van der Waals surface area contributed by atoms with Crippen LogP contribution in [0.3, 0.4) is 0 Å². The molecule has 1 heterocycles. The van der Waals surface area contributed by atoms with Crippen molar-refractivity contribution < 1.29 is 9.59 Å². The molecule has 1 aromatic rings. The number of benzene rings is 1. The number of anilines is 2. The number of rotatable bonds is 7. The maximum Gasteiger partial charge on any atom is 0.267 e. The summed E-state index contributed by atoms with van der Waals surface area (Å²) in [7, 11) is 0. The van der Waals surface area contributed by atoms with Crippen molar-refractivity contribution >= 4 is 23.2 Å². The van der Waals surface area contributed by atoms with Crippen LogP contribution >= 0.6 is 0 Å². The predicted octanol–water partition coefficient (Wildman–Crippen LogP) is 0.486. The average molecular weight is 356 g/mol. The third kappa shape index (κ3) is 6.55. The lowest BCUT2D eigenvalue weighted by Gasteiger charge is -2.26. The fourth-order valence-electron chi connectivity index (χ4n) is 2.52. The third-order valence-electron chi connectivity index (χ3n) is 3.86. The summed E-state index contributed by atoms with van der Waals surface area (Å²) in [5, 5.41) is 20.8. The Labute approximate surface area is 153 Å². The van der Waals surface area contributed by atoms with E-state index in [1.54, 1.807) is 24.3 Å². The zero-order chi connectivity index (χ0) is 18.8. The highest BCUT2D eigenvalue weighted by Crippen LogP contribution is 2.14. The zero-order valence-corrected chi connectivity index (χ0v) is 14.8. The second-order valence-corrected chi connectivity index (χ2v) is 5.93. The molecule has 0 unspecified atom stereocenters. The molecule has 1 saturated heterocycles. The van der Waals surface area contributed by atoms with Crippen LogP contribution in [0.1, 0.15) is 6.92 Å². The van der Waals surface area contributed by atoms with Gasteiger partial charge in [-0.3, -0.25) is 14.5 Å². The van der Waals surface area contributed by atoms with Crippen LogP contribution in [-0.4, -0.2) is 56.0 Å². The van der Waals surface area contributed by atoms with E-state index in [-0.39, 0.29) is 11.5 Å². The van der Waals surface area contributed by atoms with Crippen molar-refractivity contribution in [2.45, 2.75) is 6.92 Å². The SMILES string of the molecule is CC(=O)Nc1ccc(NC(=O)/C(C#N)=C\NCCN2CCNCC2)cc1. The first-order chi connectivity index (χ1) is 12.6. The Morgan fingerprint density at radius 3 is 2.38 bits per heavy atom. The second kappa shape index (κ2) is 10.2. The van der Waals surface area contributed by atoms with Gasteiger partial charge in [0.15, 0.2) is 0 Å². The fourth-order valence-corrected chi connectivity index (χ4v) is 2.52. The van der Waals surface area contributed by atoms with Gasteiger partial charge in [0.05, 0.1) is 0 Å². The number of carbonyl (C=O) groups excluding carboxylic acids is 2. The van der Waals surface area contributed by atoms with Crippen LogP contribution in [0.25, 0.3) is 0 Å². The third-order valence-corrected chi connectivity index (χ3v) is 3.86. The quantitative estimate of drug-likeness (QED) is 0.322. The van der Waals surface area contributed by atoms with Crippen LogP contribution in [0.5, 0.6) is 0 Å². The molecule has 26 heavy (non-hydrogen) atoms. The van der Waals surface area contributed by atoms with Crippen molar-refractivity contribution in [3.63, 3.8) is 0 Å². The topological polar surface area (TPSA) is 109 Å². The maximum atomic E-state index is 12.2. The van der Waals surface area contributed by atoms with Crippen LogP contribution < -0.4 is 21.3 Å². The van der Waals surface area contributed by atoms with E-state index in [1.807, 2.05) is 6.07 Å². The molecule has 0 aromatic heterocycles. The van der Waals surface area contributed by atoms with E-state index in [4.69, 9.17) is 0 Å². The highest BCUT2D eigenvalue weighted by atomic mass is 16.2. The standard InChI is InChI=1S/C18H24N6O2/c1-14(25)22-16-2-4-17(5-3-16)23-18(26)15(12-19)13-21-8-11-24-9-6-20-7-10-24/h2-5,13,20-21H,6-11H2,1H3,(H,22,25)(H,23,26)/b15-13-. The van der Waals surface area contributed by atoms with Gasteiger partial charge in [-0.05, 0) is 24.3 Å². The summed E-state index contributed by atoms with van der Waals surface area (Å²) in [5.41, 5.74) is 1.20. The van der Waals surface area contributed by atoms with Crippen molar-refractivity contribution in [2.75, 3.05) is 49.9 Å². The molecule has 0 atom stereocenters. The first kappa shape index (κ1) is 19.4. The predicted molar refractivity (Wildman–Crippen MR) is 100 cm³/mol. The monoisotopic (exact) mass is 356 g/mol. The molecular weight excluding hydrogens is 332 g/mol. The van der Waals surface area contributed by atoms with Crippen LogP contribution in [0.2, 0.25) is 0 Å². The lowest BCUT2D eigenvalue weighted by atomic mass is 10.2. The number of hydrogen-bond acceptors (Lipinski definition) is 6. The number of nitriles is 1. The molecule has 0 spiro atoms. The van der Waals surface area contributed by atoms with Gasteiger partial charge in [0.2, 0.25) is 5.91 Å². The van der Waals surface area contributed by atoms with Crippen molar-refractivity contribution in [2.24, 2.45) is 0 Å². The van der Waals surface area contributed by atoms with E-state index < -0.39 is 5.91 Å². The first-order valence-electron chi connectivity index (χ1n) is 8.54. The van der Waals surface area contributed by atoms with Gasteiger partial charge in [0.1, 0.15) is 11.6 Å². The molecule has 0 bridgehead atoms. The molecule has 1 aliphatic heterocycles. The van der Waals surface area contributed by atoms with Gasteiger partial charge in [0.25, 0.3) is 5.91 Å². The largest absolute Gasteiger partial charge is 0.388 e. The molecule has 138 valence electrons. The Morgan fingerprint density at radius 2 is 1.81 bits per heavy atom. The number of piperazine rings is 1. The highest BCUT2D eigenvalue weighted by Gasteiger charge is 2.10. The van der Waals surface area contributed by atoms with E-state index in [9.17, 15) is 14.9 Å². The molecule has 0 radical (unpaired) electrons. The Balaban J connectivity index is 1.81. The summed E-state index contributed by atoms with van der Waals surface area (Å²) >= 11 is 0. The lowest BCUT2D eigenvalue weighted by molar-refractivity contribution is -0.114. The van der Waals surface area contributed by atoms with Gasteiger partial charge in [-0.15, -0.1) is 0 Å². The Bertz CT molecular complexity index is 687. The molecule has 1 aromatic carbocycles. The van der Waals surface area contributed by atoms with Gasteiger partial charge in [-0.2, -0.15) is 5.26 Å². The van der Waals surface area contributed by atoms with E-state index in [0.29, 0.717) is 17.9 Å². The highest BCUT2D eigenvalue weighted by molar-refractivity contribution is 6.06. The Hall–Kier alpha value is -2.89. The van der Waals surface area contributed by atoms with Gasteiger partial charge in [0, 0.05) is 63.8 Å². The van der Waals surface area contributed by atoms with Gasteiger partial charge in [-0.1, -0.05) is 0 Å². The lowest BCUT2D eigenvalue weighted by Crippen LogP contribution is -2.45. The summed E-state index contributed by atoms with van der Waals surface area (Å²) in [6, 6.07) is 8.59. The first-order valence-corrected chi connectivity index (χ1v) is 8.54. The smallest absolute Gasteiger partial charge is 0.267 e. The van der Waals surface area contributed by atoms with Gasteiger partial charge >= 0.3 is 0 Å². The summed E-state index contributed by atoms with van der Waals surface area (Å²) in [6.07, 6.45) is 1.45. The molecule has 4 N–H and O–H groups in total. The summed E-state index contributed by atoms with van der Waals surface area (Å²) in [5.74, 6) is -0.641. The van der Waals surface area contributed by atoms with E-state index >= 15 is 0 Å². The maximum absolute atomic E-state index is 12.2. The molecule has 2 amide bonds. The molecule has 2 rings (SSSR count). The van der Waals surface area contributed by atoms with Gasteiger partial charge in [-0.25, -0.2) is 0 Å². The average Bonchev–Trinajstić information content (AvgIpc) is 2.64. The van der Waals surface area contributed by atoms with Crippen molar-refractivity contribution in [1.82, 2.24) is 15.5 Å². The minimum absolute atomic E-state index is 0.0104. The van der Waals surface area contributed by atoms with Crippen molar-refractivity contribution in [3.05, 3.63) is 36.0 Å². The summed E-state index contributed by atoms with van der Waals surface area (Å²) < 4.78 is 0. The van der Waals surface area contributed by atoms with Crippen molar-refractivity contribution in [3.8, 4) is 6.07 Å².